The van der Waals surface area contributed by atoms with Crippen LogP contribution in [0.3, 0.4) is 0 Å². The third kappa shape index (κ3) is 3.62. The van der Waals surface area contributed by atoms with Crippen LogP contribution in [0, 0.1) is 0 Å². The summed E-state index contributed by atoms with van der Waals surface area (Å²) in [6, 6.07) is 4.81. The summed E-state index contributed by atoms with van der Waals surface area (Å²) in [4.78, 5) is 0. The first kappa shape index (κ1) is 10.9. The molecule has 1 rings (SSSR count). The average Bonchev–Trinajstić information content (AvgIpc) is 2.06. The molecular formula is C7H6Cl2O3S. The van der Waals surface area contributed by atoms with Crippen LogP contribution in [0.2, 0.25) is 10.0 Å². The molecule has 0 fully saturated rings. The van der Waals surface area contributed by atoms with E-state index in [-0.39, 0.29) is 6.61 Å². The van der Waals surface area contributed by atoms with Gasteiger partial charge in [-0.15, -0.1) is 0 Å². The number of benzene rings is 1. The topological polar surface area (TPSA) is 46.5 Å². The van der Waals surface area contributed by atoms with E-state index in [1.54, 1.807) is 18.2 Å². The van der Waals surface area contributed by atoms with Crippen molar-refractivity contribution in [1.29, 1.82) is 0 Å². The van der Waals surface area contributed by atoms with Gasteiger partial charge in [-0.3, -0.25) is 8.74 Å². The Hall–Kier alpha value is -0.130. The van der Waals surface area contributed by atoms with Crippen LogP contribution in [0.4, 0.5) is 0 Å². The van der Waals surface area contributed by atoms with Gasteiger partial charge in [0.1, 0.15) is 0 Å². The van der Waals surface area contributed by atoms with Crippen LogP contribution in [0.1, 0.15) is 5.56 Å². The van der Waals surface area contributed by atoms with E-state index >= 15 is 0 Å². The Morgan fingerprint density at radius 2 is 2.15 bits per heavy atom. The second-order valence-corrected chi connectivity index (χ2v) is 3.73. The molecule has 1 aromatic carbocycles. The van der Waals surface area contributed by atoms with Gasteiger partial charge >= 0.3 is 11.4 Å². The highest BCUT2D eigenvalue weighted by molar-refractivity contribution is 7.74. The van der Waals surface area contributed by atoms with Crippen LogP contribution in [0.15, 0.2) is 18.2 Å². The molecule has 0 aliphatic carbocycles. The van der Waals surface area contributed by atoms with Gasteiger partial charge in [-0.2, -0.15) is 4.21 Å². The predicted octanol–water partition coefficient (Wildman–Crippen LogP) is 2.65. The summed E-state index contributed by atoms with van der Waals surface area (Å²) in [6.07, 6.45) is 0. The summed E-state index contributed by atoms with van der Waals surface area (Å²) < 4.78 is 23.0. The molecule has 1 aromatic rings. The second-order valence-electron chi connectivity index (χ2n) is 2.22. The molecule has 0 aliphatic rings. The minimum Gasteiger partial charge on any atom is -0.284 e. The van der Waals surface area contributed by atoms with Gasteiger partial charge in [0.05, 0.1) is 6.61 Å². The SMILES string of the molecule is O=S(O)OCc1cc(Cl)ccc1Cl. The zero-order valence-corrected chi connectivity index (χ0v) is 8.70. The number of hydrogen-bond acceptors (Lipinski definition) is 2. The van der Waals surface area contributed by atoms with E-state index in [0.717, 1.165) is 0 Å². The lowest BCUT2D eigenvalue weighted by molar-refractivity contribution is 0.297. The van der Waals surface area contributed by atoms with Crippen molar-refractivity contribution in [1.82, 2.24) is 0 Å². The fourth-order valence-electron chi connectivity index (χ4n) is 0.768. The molecule has 0 heterocycles. The summed E-state index contributed by atoms with van der Waals surface area (Å²) in [5, 5.41) is 0.960. The van der Waals surface area contributed by atoms with Crippen molar-refractivity contribution in [2.24, 2.45) is 0 Å². The number of rotatable bonds is 3. The van der Waals surface area contributed by atoms with Crippen molar-refractivity contribution < 1.29 is 12.9 Å². The second kappa shape index (κ2) is 4.93. The van der Waals surface area contributed by atoms with E-state index in [0.29, 0.717) is 15.6 Å². The molecule has 1 N–H and O–H groups in total. The first-order chi connectivity index (χ1) is 6.09. The van der Waals surface area contributed by atoms with Gasteiger partial charge in [0.25, 0.3) is 0 Å². The molecule has 0 amide bonds. The first-order valence-electron chi connectivity index (χ1n) is 3.27. The summed E-state index contributed by atoms with van der Waals surface area (Å²) in [5.41, 5.74) is 0.580. The zero-order chi connectivity index (χ0) is 9.84. The maximum atomic E-state index is 10.2. The Balaban J connectivity index is 2.75. The van der Waals surface area contributed by atoms with Crippen molar-refractivity contribution in [3.63, 3.8) is 0 Å². The van der Waals surface area contributed by atoms with Gasteiger partial charge in [-0.05, 0) is 23.8 Å². The average molecular weight is 241 g/mol. The Labute approximate surface area is 88.1 Å². The smallest absolute Gasteiger partial charge is 0.284 e. The molecule has 0 aliphatic heterocycles. The molecule has 6 heteroatoms. The molecule has 72 valence electrons. The first-order valence-corrected chi connectivity index (χ1v) is 5.06. The van der Waals surface area contributed by atoms with Gasteiger partial charge in [-0.25, -0.2) is 0 Å². The summed E-state index contributed by atoms with van der Waals surface area (Å²) in [5.74, 6) is 0. The normalized spacial score (nSPS) is 12.8. The Morgan fingerprint density at radius 3 is 2.77 bits per heavy atom. The van der Waals surface area contributed by atoms with Crippen LogP contribution in [-0.2, 0) is 22.2 Å². The van der Waals surface area contributed by atoms with Crippen molar-refractivity contribution >= 4 is 34.6 Å². The van der Waals surface area contributed by atoms with E-state index in [1.165, 1.54) is 0 Å². The molecule has 13 heavy (non-hydrogen) atoms. The molecule has 0 aromatic heterocycles. The zero-order valence-electron chi connectivity index (χ0n) is 6.37. The largest absolute Gasteiger partial charge is 0.302 e. The van der Waals surface area contributed by atoms with E-state index < -0.39 is 11.4 Å². The maximum absolute atomic E-state index is 10.2. The highest BCUT2D eigenvalue weighted by Crippen LogP contribution is 2.21. The Kier molecular flexibility index (Phi) is 4.15. The predicted molar refractivity (Wildman–Crippen MR) is 52.0 cm³/mol. The van der Waals surface area contributed by atoms with Crippen molar-refractivity contribution in [3.8, 4) is 0 Å². The summed E-state index contributed by atoms with van der Waals surface area (Å²) >= 11 is 9.16. The maximum Gasteiger partial charge on any atom is 0.302 e. The van der Waals surface area contributed by atoms with Crippen molar-refractivity contribution in [3.05, 3.63) is 33.8 Å². The third-order valence-corrected chi connectivity index (χ3v) is 2.25. The van der Waals surface area contributed by atoms with Crippen molar-refractivity contribution in [2.75, 3.05) is 0 Å². The molecule has 1 atom stereocenters. The molecule has 0 saturated carbocycles. The van der Waals surface area contributed by atoms with Gasteiger partial charge < -0.3 is 0 Å². The molecule has 0 spiro atoms. The number of hydrogen-bond donors (Lipinski definition) is 1. The van der Waals surface area contributed by atoms with Crippen molar-refractivity contribution in [2.45, 2.75) is 6.61 Å². The van der Waals surface area contributed by atoms with Gasteiger partial charge in [0.15, 0.2) is 0 Å². The minimum atomic E-state index is -2.28. The summed E-state index contributed by atoms with van der Waals surface area (Å²) in [6.45, 7) is -0.0392. The van der Waals surface area contributed by atoms with E-state index in [2.05, 4.69) is 4.18 Å². The molecule has 3 nitrogen and oxygen atoms in total. The lowest BCUT2D eigenvalue weighted by Crippen LogP contribution is -1.96. The lowest BCUT2D eigenvalue weighted by Gasteiger charge is -2.02. The van der Waals surface area contributed by atoms with Crippen LogP contribution in [0.25, 0.3) is 0 Å². The number of halogens is 2. The van der Waals surface area contributed by atoms with Crippen LogP contribution < -0.4 is 0 Å². The molecule has 1 unspecified atom stereocenters. The fourth-order valence-corrected chi connectivity index (χ4v) is 1.36. The van der Waals surface area contributed by atoms with Crippen LogP contribution in [0.5, 0.6) is 0 Å². The summed E-state index contributed by atoms with van der Waals surface area (Å²) in [7, 11) is 0. The standard InChI is InChI=1S/C7H6Cl2O3S/c8-6-1-2-7(9)5(3-6)4-12-13(10)11/h1-3H,4H2,(H,10,11). The minimum absolute atomic E-state index is 0.0392. The highest BCUT2D eigenvalue weighted by Gasteiger charge is 2.03. The van der Waals surface area contributed by atoms with Crippen LogP contribution >= 0.6 is 23.2 Å². The highest BCUT2D eigenvalue weighted by atomic mass is 35.5. The fraction of sp³-hybridized carbons (Fsp3) is 0.143. The Morgan fingerprint density at radius 1 is 1.46 bits per heavy atom. The molecule has 0 radical (unpaired) electrons. The molecule has 0 bridgehead atoms. The van der Waals surface area contributed by atoms with Gasteiger partial charge in [0, 0.05) is 10.0 Å². The quantitative estimate of drug-likeness (QED) is 0.827. The monoisotopic (exact) mass is 240 g/mol. The third-order valence-electron chi connectivity index (χ3n) is 1.32. The molecular weight excluding hydrogens is 235 g/mol. The van der Waals surface area contributed by atoms with E-state index in [9.17, 15) is 4.21 Å². The molecule has 0 saturated heterocycles. The van der Waals surface area contributed by atoms with E-state index in [1.807, 2.05) is 0 Å². The van der Waals surface area contributed by atoms with Gasteiger partial charge in [0.2, 0.25) is 0 Å². The Bertz CT molecular complexity index is 330. The van der Waals surface area contributed by atoms with E-state index in [4.69, 9.17) is 27.8 Å². The lowest BCUT2D eigenvalue weighted by atomic mass is 10.2. The van der Waals surface area contributed by atoms with Crippen LogP contribution in [-0.4, -0.2) is 8.76 Å². The van der Waals surface area contributed by atoms with Gasteiger partial charge in [-0.1, -0.05) is 23.2 Å².